The number of hydrogen-bond donors (Lipinski definition) is 1. The molecule has 0 bridgehead atoms. The van der Waals surface area contributed by atoms with Crippen LogP contribution in [0.4, 0.5) is 0 Å². The topological polar surface area (TPSA) is 40.5 Å². The Kier molecular flexibility index (Phi) is 3.35. The first kappa shape index (κ1) is 13.0. The van der Waals surface area contributed by atoms with Crippen LogP contribution in [-0.2, 0) is 0 Å². The highest BCUT2D eigenvalue weighted by atomic mass is 16.3. The summed E-state index contributed by atoms with van der Waals surface area (Å²) in [6.45, 7) is 3.64. The van der Waals surface area contributed by atoms with Crippen molar-refractivity contribution in [1.82, 2.24) is 4.90 Å². The molecular formula is C17H19NO2. The third-order valence-corrected chi connectivity index (χ3v) is 3.98. The molecule has 1 amide bonds. The van der Waals surface area contributed by atoms with Gasteiger partial charge in [0.1, 0.15) is 5.75 Å². The van der Waals surface area contributed by atoms with E-state index in [1.165, 1.54) is 6.42 Å². The monoisotopic (exact) mass is 269 g/mol. The lowest BCUT2D eigenvalue weighted by atomic mass is 10.0. The van der Waals surface area contributed by atoms with Crippen LogP contribution in [0.3, 0.4) is 0 Å². The third-order valence-electron chi connectivity index (χ3n) is 3.98. The highest BCUT2D eigenvalue weighted by molar-refractivity contribution is 6.01. The number of aryl methyl sites for hydroxylation is 1. The Bertz CT molecular complexity index is 657. The van der Waals surface area contributed by atoms with Gasteiger partial charge in [-0.15, -0.1) is 0 Å². The van der Waals surface area contributed by atoms with Gasteiger partial charge in [0.05, 0.1) is 0 Å². The van der Waals surface area contributed by atoms with Crippen molar-refractivity contribution in [2.45, 2.75) is 26.2 Å². The molecule has 0 spiro atoms. The number of benzene rings is 2. The number of likely N-dealkylation sites (tertiary alicyclic amines) is 1. The molecule has 0 radical (unpaired) electrons. The van der Waals surface area contributed by atoms with Gasteiger partial charge >= 0.3 is 0 Å². The zero-order valence-corrected chi connectivity index (χ0v) is 11.7. The molecular weight excluding hydrogens is 250 g/mol. The third kappa shape index (κ3) is 2.36. The first-order valence-corrected chi connectivity index (χ1v) is 7.18. The minimum Gasteiger partial charge on any atom is -0.507 e. The second-order valence-corrected chi connectivity index (χ2v) is 5.57. The summed E-state index contributed by atoms with van der Waals surface area (Å²) < 4.78 is 0. The molecule has 1 N–H and O–H groups in total. The Labute approximate surface area is 118 Å². The summed E-state index contributed by atoms with van der Waals surface area (Å²) in [6.07, 6.45) is 3.35. The van der Waals surface area contributed by atoms with E-state index < -0.39 is 0 Å². The lowest BCUT2D eigenvalue weighted by Gasteiger charge is -2.26. The molecule has 0 aliphatic carbocycles. The van der Waals surface area contributed by atoms with E-state index in [-0.39, 0.29) is 11.7 Å². The first-order chi connectivity index (χ1) is 9.65. The summed E-state index contributed by atoms with van der Waals surface area (Å²) in [5.74, 6) is 0.217. The Morgan fingerprint density at radius 3 is 2.60 bits per heavy atom. The zero-order chi connectivity index (χ0) is 14.1. The van der Waals surface area contributed by atoms with Crippen LogP contribution in [0.15, 0.2) is 30.3 Å². The number of hydrogen-bond acceptors (Lipinski definition) is 2. The number of carbonyl (C=O) groups excluding carboxylic acids is 1. The van der Waals surface area contributed by atoms with Crippen LogP contribution >= 0.6 is 0 Å². The van der Waals surface area contributed by atoms with Gasteiger partial charge in [0, 0.05) is 24.0 Å². The van der Waals surface area contributed by atoms with E-state index in [1.54, 1.807) is 6.07 Å². The fourth-order valence-electron chi connectivity index (χ4n) is 2.86. The number of phenolic OH excluding ortho intramolecular Hbond substituents is 1. The van der Waals surface area contributed by atoms with Crippen molar-refractivity contribution < 1.29 is 9.90 Å². The van der Waals surface area contributed by atoms with Gasteiger partial charge in [-0.3, -0.25) is 4.79 Å². The van der Waals surface area contributed by atoms with Gasteiger partial charge < -0.3 is 10.0 Å². The van der Waals surface area contributed by atoms with Crippen molar-refractivity contribution in [2.24, 2.45) is 0 Å². The van der Waals surface area contributed by atoms with Gasteiger partial charge in [-0.25, -0.2) is 0 Å². The first-order valence-electron chi connectivity index (χ1n) is 7.18. The van der Waals surface area contributed by atoms with E-state index in [0.717, 1.165) is 42.3 Å². The molecule has 0 unspecified atom stereocenters. The van der Waals surface area contributed by atoms with Crippen molar-refractivity contribution in [3.63, 3.8) is 0 Å². The largest absolute Gasteiger partial charge is 0.507 e. The number of rotatable bonds is 1. The van der Waals surface area contributed by atoms with Crippen LogP contribution in [0.25, 0.3) is 10.8 Å². The van der Waals surface area contributed by atoms with E-state index in [9.17, 15) is 9.90 Å². The number of carbonyl (C=O) groups is 1. The molecule has 2 aromatic carbocycles. The van der Waals surface area contributed by atoms with Crippen molar-refractivity contribution in [3.8, 4) is 5.75 Å². The molecule has 3 nitrogen and oxygen atoms in total. The number of piperidine rings is 1. The summed E-state index contributed by atoms with van der Waals surface area (Å²) in [5.41, 5.74) is 1.68. The molecule has 1 aliphatic heterocycles. The normalized spacial score (nSPS) is 15.6. The Morgan fingerprint density at radius 1 is 1.10 bits per heavy atom. The molecule has 0 aromatic heterocycles. The van der Waals surface area contributed by atoms with Gasteiger partial charge in [0.25, 0.3) is 5.91 Å². The summed E-state index contributed by atoms with van der Waals surface area (Å²) >= 11 is 0. The minimum absolute atomic E-state index is 0.0301. The Morgan fingerprint density at radius 2 is 1.85 bits per heavy atom. The minimum atomic E-state index is 0.0301. The molecule has 1 fully saturated rings. The number of aromatic hydroxyl groups is 1. The van der Waals surface area contributed by atoms with Crippen molar-refractivity contribution in [1.29, 1.82) is 0 Å². The standard InChI is InChI=1S/C17H19NO2/c1-12-5-6-13-10-14(11-16(19)15(13)9-12)17(20)18-7-3-2-4-8-18/h5-6,9-11,19H,2-4,7-8H2,1H3. The summed E-state index contributed by atoms with van der Waals surface area (Å²) in [5, 5.41) is 11.9. The van der Waals surface area contributed by atoms with Crippen LogP contribution in [0.5, 0.6) is 5.75 Å². The molecule has 104 valence electrons. The van der Waals surface area contributed by atoms with Crippen molar-refractivity contribution >= 4 is 16.7 Å². The van der Waals surface area contributed by atoms with Gasteiger partial charge in [0.2, 0.25) is 0 Å². The Hall–Kier alpha value is -2.03. The quantitative estimate of drug-likeness (QED) is 0.861. The average Bonchev–Trinajstić information content (AvgIpc) is 2.48. The molecule has 20 heavy (non-hydrogen) atoms. The van der Waals surface area contributed by atoms with E-state index in [0.29, 0.717) is 5.56 Å². The SMILES string of the molecule is Cc1ccc2cc(C(=O)N3CCCCC3)cc(O)c2c1. The summed E-state index contributed by atoms with van der Waals surface area (Å²) in [7, 11) is 0. The number of amides is 1. The smallest absolute Gasteiger partial charge is 0.254 e. The summed E-state index contributed by atoms with van der Waals surface area (Å²) in [6, 6.07) is 9.37. The lowest BCUT2D eigenvalue weighted by molar-refractivity contribution is 0.0724. The van der Waals surface area contributed by atoms with Crippen LogP contribution in [0, 0.1) is 6.92 Å². The maximum atomic E-state index is 12.5. The molecule has 0 atom stereocenters. The van der Waals surface area contributed by atoms with Gasteiger partial charge in [-0.05, 0) is 49.8 Å². The highest BCUT2D eigenvalue weighted by Crippen LogP contribution is 2.28. The molecule has 2 aromatic rings. The fraction of sp³-hybridized carbons (Fsp3) is 0.353. The molecule has 1 heterocycles. The maximum absolute atomic E-state index is 12.5. The van der Waals surface area contributed by atoms with Crippen molar-refractivity contribution in [3.05, 3.63) is 41.5 Å². The van der Waals surface area contributed by atoms with E-state index in [2.05, 4.69) is 0 Å². The fourth-order valence-corrected chi connectivity index (χ4v) is 2.86. The van der Waals surface area contributed by atoms with Crippen LogP contribution in [0.2, 0.25) is 0 Å². The molecule has 0 saturated carbocycles. The maximum Gasteiger partial charge on any atom is 0.254 e. The molecule has 1 aliphatic rings. The number of fused-ring (bicyclic) bond motifs is 1. The van der Waals surface area contributed by atoms with Crippen LogP contribution in [-0.4, -0.2) is 29.0 Å². The molecule has 3 rings (SSSR count). The lowest BCUT2D eigenvalue weighted by Crippen LogP contribution is -2.35. The van der Waals surface area contributed by atoms with E-state index in [1.807, 2.05) is 36.1 Å². The second-order valence-electron chi connectivity index (χ2n) is 5.57. The van der Waals surface area contributed by atoms with Gasteiger partial charge in [0.15, 0.2) is 0 Å². The van der Waals surface area contributed by atoms with Gasteiger partial charge in [-0.1, -0.05) is 17.7 Å². The Balaban J connectivity index is 1.99. The second kappa shape index (κ2) is 5.16. The zero-order valence-electron chi connectivity index (χ0n) is 11.7. The van der Waals surface area contributed by atoms with E-state index in [4.69, 9.17) is 0 Å². The van der Waals surface area contributed by atoms with Gasteiger partial charge in [-0.2, -0.15) is 0 Å². The molecule has 3 heteroatoms. The molecule has 1 saturated heterocycles. The van der Waals surface area contributed by atoms with Crippen LogP contribution in [0.1, 0.15) is 35.2 Å². The van der Waals surface area contributed by atoms with Crippen LogP contribution < -0.4 is 0 Å². The number of phenols is 1. The number of nitrogens with zero attached hydrogens (tertiary/aromatic N) is 1. The highest BCUT2D eigenvalue weighted by Gasteiger charge is 2.19. The van der Waals surface area contributed by atoms with Crippen molar-refractivity contribution in [2.75, 3.05) is 13.1 Å². The predicted molar refractivity (Wildman–Crippen MR) is 80.1 cm³/mol. The average molecular weight is 269 g/mol. The predicted octanol–water partition coefficient (Wildman–Crippen LogP) is 3.48. The summed E-state index contributed by atoms with van der Waals surface area (Å²) in [4.78, 5) is 14.4. The van der Waals surface area contributed by atoms with E-state index >= 15 is 0 Å².